The molecule has 1 saturated heterocycles. The summed E-state index contributed by atoms with van der Waals surface area (Å²) in [4.78, 5) is 18.8. The van der Waals surface area contributed by atoms with Crippen molar-refractivity contribution in [2.24, 2.45) is 5.92 Å². The number of piperidine rings is 1. The molecular weight excluding hydrogens is 393 g/mol. The molecule has 1 N–H and O–H groups in total. The summed E-state index contributed by atoms with van der Waals surface area (Å²) in [6, 6.07) is 11.0. The van der Waals surface area contributed by atoms with Crippen LogP contribution in [0, 0.1) is 11.7 Å². The predicted molar refractivity (Wildman–Crippen MR) is 117 cm³/mol. The molecule has 1 saturated carbocycles. The lowest BCUT2D eigenvalue weighted by molar-refractivity contribution is -0.122. The monoisotopic (exact) mass is 421 g/mol. The number of carbonyl (C=O) groups is 1. The number of likely N-dealkylation sites (tertiary alicyclic amines) is 1. The Balaban J connectivity index is 1.31. The highest BCUT2D eigenvalue weighted by molar-refractivity contribution is 5.81. The summed E-state index contributed by atoms with van der Waals surface area (Å²) in [6.07, 6.45) is 5.93. The van der Waals surface area contributed by atoms with Gasteiger partial charge >= 0.3 is 0 Å². The molecule has 31 heavy (non-hydrogen) atoms. The molecule has 1 amide bonds. The van der Waals surface area contributed by atoms with Crippen LogP contribution < -0.4 is 5.32 Å². The fraction of sp³-hybridized carbons (Fsp3) is 0.458. The molecule has 0 bridgehead atoms. The van der Waals surface area contributed by atoms with Gasteiger partial charge < -0.3 is 5.32 Å². The summed E-state index contributed by atoms with van der Waals surface area (Å²) in [6.45, 7) is 3.61. The van der Waals surface area contributed by atoms with E-state index in [2.05, 4.69) is 21.3 Å². The third-order valence-electron chi connectivity index (χ3n) is 6.35. The molecule has 6 nitrogen and oxygen atoms in total. The molecular formula is C24H28FN5O. The number of amides is 1. The first-order valence-corrected chi connectivity index (χ1v) is 11.2. The second-order valence-corrected chi connectivity index (χ2v) is 8.71. The van der Waals surface area contributed by atoms with Crippen molar-refractivity contribution < 1.29 is 9.18 Å². The first-order chi connectivity index (χ1) is 15.2. The van der Waals surface area contributed by atoms with Gasteiger partial charge in [-0.1, -0.05) is 18.2 Å². The first-order valence-electron chi connectivity index (χ1n) is 11.2. The molecule has 1 atom stereocenters. The maximum Gasteiger partial charge on any atom is 0.223 e. The van der Waals surface area contributed by atoms with E-state index in [1.54, 1.807) is 12.3 Å². The molecule has 162 valence electrons. The number of hydrogen-bond donors (Lipinski definition) is 1. The van der Waals surface area contributed by atoms with E-state index in [0.29, 0.717) is 19.6 Å². The number of nitrogens with zero attached hydrogens (tertiary/aromatic N) is 4. The van der Waals surface area contributed by atoms with Crippen molar-refractivity contribution in [2.45, 2.75) is 44.7 Å². The first kappa shape index (κ1) is 20.1. The summed E-state index contributed by atoms with van der Waals surface area (Å²) in [7, 11) is 0. The lowest BCUT2D eigenvalue weighted by atomic mass is 9.93. The van der Waals surface area contributed by atoms with Gasteiger partial charge in [0.25, 0.3) is 0 Å². The van der Waals surface area contributed by atoms with E-state index < -0.39 is 0 Å². The van der Waals surface area contributed by atoms with E-state index in [9.17, 15) is 9.18 Å². The van der Waals surface area contributed by atoms with Gasteiger partial charge in [-0.05, 0) is 50.4 Å². The SMILES string of the molecule is O=C(NCCn1nc(C2CCCN(Cc3ccccc3F)C2)c2cccnc21)C1CC1. The van der Waals surface area contributed by atoms with Crippen molar-refractivity contribution in [3.8, 4) is 0 Å². The van der Waals surface area contributed by atoms with E-state index in [1.165, 1.54) is 6.07 Å². The van der Waals surface area contributed by atoms with Gasteiger partial charge in [0.2, 0.25) is 5.91 Å². The molecule has 2 fully saturated rings. The van der Waals surface area contributed by atoms with Gasteiger partial charge in [0, 0.05) is 48.6 Å². The zero-order valence-corrected chi connectivity index (χ0v) is 17.6. The Morgan fingerprint density at radius 2 is 2.03 bits per heavy atom. The fourth-order valence-electron chi connectivity index (χ4n) is 4.56. The van der Waals surface area contributed by atoms with Crippen LogP contribution in [0.4, 0.5) is 4.39 Å². The quantitative estimate of drug-likeness (QED) is 0.635. The van der Waals surface area contributed by atoms with Gasteiger partial charge in [0.15, 0.2) is 5.65 Å². The summed E-state index contributed by atoms with van der Waals surface area (Å²) in [5.74, 6) is 0.512. The molecule has 7 heteroatoms. The minimum Gasteiger partial charge on any atom is -0.354 e. The number of carbonyl (C=O) groups excluding carboxylic acids is 1. The van der Waals surface area contributed by atoms with Crippen LogP contribution in [0.1, 0.15) is 42.9 Å². The third kappa shape index (κ3) is 4.46. The van der Waals surface area contributed by atoms with E-state index in [0.717, 1.165) is 61.1 Å². The number of benzene rings is 1. The fourth-order valence-corrected chi connectivity index (χ4v) is 4.56. The maximum absolute atomic E-state index is 14.1. The van der Waals surface area contributed by atoms with Crippen molar-refractivity contribution >= 4 is 16.9 Å². The summed E-state index contributed by atoms with van der Waals surface area (Å²) in [5.41, 5.74) is 2.67. The third-order valence-corrected chi connectivity index (χ3v) is 6.35. The van der Waals surface area contributed by atoms with Gasteiger partial charge in [0.1, 0.15) is 5.82 Å². The molecule has 0 spiro atoms. The molecule has 0 radical (unpaired) electrons. The molecule has 3 heterocycles. The Bertz CT molecular complexity index is 1080. The lowest BCUT2D eigenvalue weighted by Crippen LogP contribution is -2.34. The average molecular weight is 422 g/mol. The topological polar surface area (TPSA) is 63.1 Å². The molecule has 5 rings (SSSR count). The number of pyridine rings is 1. The molecule has 1 unspecified atom stereocenters. The number of nitrogens with one attached hydrogen (secondary N) is 1. The highest BCUT2D eigenvalue weighted by atomic mass is 19.1. The molecule has 2 aromatic heterocycles. The standard InChI is InChI=1S/C24H28FN5O/c25-21-8-2-1-5-18(21)15-29-13-4-6-19(16-29)22-20-7-3-11-26-23(20)30(28-22)14-12-27-24(31)17-9-10-17/h1-3,5,7-8,11,17,19H,4,6,9-10,12-16H2,(H,27,31). The van der Waals surface area contributed by atoms with Crippen LogP contribution >= 0.6 is 0 Å². The highest BCUT2D eigenvalue weighted by Crippen LogP contribution is 2.32. The zero-order valence-electron chi connectivity index (χ0n) is 17.6. The summed E-state index contributed by atoms with van der Waals surface area (Å²) >= 11 is 0. The second-order valence-electron chi connectivity index (χ2n) is 8.71. The maximum atomic E-state index is 14.1. The minimum atomic E-state index is -0.142. The molecule has 2 aliphatic rings. The Morgan fingerprint density at radius 3 is 2.87 bits per heavy atom. The van der Waals surface area contributed by atoms with Gasteiger partial charge in [-0.3, -0.25) is 9.69 Å². The van der Waals surface area contributed by atoms with E-state index in [-0.39, 0.29) is 23.6 Å². The van der Waals surface area contributed by atoms with Crippen molar-refractivity contribution in [1.29, 1.82) is 0 Å². The number of halogens is 1. The van der Waals surface area contributed by atoms with Crippen LogP contribution in [0.25, 0.3) is 11.0 Å². The van der Waals surface area contributed by atoms with E-state index in [4.69, 9.17) is 5.10 Å². The van der Waals surface area contributed by atoms with Crippen LogP contribution in [-0.4, -0.2) is 45.2 Å². The Labute approximate surface area is 181 Å². The molecule has 3 aromatic rings. The van der Waals surface area contributed by atoms with Gasteiger partial charge in [0.05, 0.1) is 12.2 Å². The van der Waals surface area contributed by atoms with Crippen molar-refractivity contribution in [2.75, 3.05) is 19.6 Å². The number of aromatic nitrogens is 3. The average Bonchev–Trinajstić information content (AvgIpc) is 3.58. The predicted octanol–water partition coefficient (Wildman–Crippen LogP) is 3.48. The van der Waals surface area contributed by atoms with E-state index >= 15 is 0 Å². The largest absolute Gasteiger partial charge is 0.354 e. The molecule has 1 aromatic carbocycles. The van der Waals surface area contributed by atoms with Crippen LogP contribution in [0.15, 0.2) is 42.6 Å². The molecule has 1 aliphatic carbocycles. The number of hydrogen-bond acceptors (Lipinski definition) is 4. The zero-order chi connectivity index (χ0) is 21.2. The van der Waals surface area contributed by atoms with Gasteiger partial charge in [-0.15, -0.1) is 0 Å². The smallest absolute Gasteiger partial charge is 0.223 e. The Morgan fingerprint density at radius 1 is 1.16 bits per heavy atom. The van der Waals surface area contributed by atoms with E-state index in [1.807, 2.05) is 22.9 Å². The lowest BCUT2D eigenvalue weighted by Gasteiger charge is -2.32. The highest BCUT2D eigenvalue weighted by Gasteiger charge is 2.29. The van der Waals surface area contributed by atoms with Crippen LogP contribution in [-0.2, 0) is 17.9 Å². The van der Waals surface area contributed by atoms with Crippen molar-refractivity contribution in [3.63, 3.8) is 0 Å². The number of fused-ring (bicyclic) bond motifs is 1. The van der Waals surface area contributed by atoms with Crippen molar-refractivity contribution in [1.82, 2.24) is 25.0 Å². The second kappa shape index (κ2) is 8.75. The molecule has 1 aliphatic heterocycles. The minimum absolute atomic E-state index is 0.142. The van der Waals surface area contributed by atoms with Crippen LogP contribution in [0.5, 0.6) is 0 Å². The van der Waals surface area contributed by atoms with Crippen LogP contribution in [0.3, 0.4) is 0 Å². The summed E-state index contributed by atoms with van der Waals surface area (Å²) < 4.78 is 16.0. The van der Waals surface area contributed by atoms with Gasteiger partial charge in [-0.25, -0.2) is 14.1 Å². The number of rotatable bonds is 7. The van der Waals surface area contributed by atoms with Crippen LogP contribution in [0.2, 0.25) is 0 Å². The van der Waals surface area contributed by atoms with Crippen molar-refractivity contribution in [3.05, 3.63) is 59.7 Å². The Hall–Kier alpha value is -2.80. The van der Waals surface area contributed by atoms with Gasteiger partial charge in [-0.2, -0.15) is 5.10 Å². The summed E-state index contributed by atoms with van der Waals surface area (Å²) in [5, 5.41) is 9.02. The Kier molecular flexibility index (Phi) is 5.68. The normalized spacial score (nSPS) is 19.6.